The van der Waals surface area contributed by atoms with E-state index in [1.807, 2.05) is 0 Å². The van der Waals surface area contributed by atoms with Crippen molar-refractivity contribution in [2.24, 2.45) is 0 Å². The monoisotopic (exact) mass is 291 g/mol. The topological polar surface area (TPSA) is 150 Å². The van der Waals surface area contributed by atoms with Gasteiger partial charge in [-0.05, 0) is 12.1 Å². The zero-order chi connectivity index (χ0) is 15.3. The van der Waals surface area contributed by atoms with Crippen molar-refractivity contribution in [2.75, 3.05) is 18.9 Å². The van der Waals surface area contributed by atoms with Crippen LogP contribution in [-0.2, 0) is 10.3 Å². The van der Waals surface area contributed by atoms with Crippen LogP contribution in [0.15, 0.2) is 18.5 Å². The van der Waals surface area contributed by atoms with Gasteiger partial charge in [0, 0.05) is 0 Å². The quantitative estimate of drug-likeness (QED) is 0.503. The second kappa shape index (κ2) is 4.37. The molecule has 3 rings (SSSR count). The minimum atomic E-state index is -1.90. The fourth-order valence-electron chi connectivity index (χ4n) is 2.54. The van der Waals surface area contributed by atoms with Crippen LogP contribution in [-0.4, -0.2) is 54.8 Å². The van der Waals surface area contributed by atoms with Gasteiger partial charge >= 0.3 is 0 Å². The Morgan fingerprint density at radius 2 is 2.33 bits per heavy atom. The fraction of sp³-hybridized carbons (Fsp3) is 0.417. The highest BCUT2D eigenvalue weighted by atomic mass is 16.6. The summed E-state index contributed by atoms with van der Waals surface area (Å²) in [4.78, 5) is 3.83. The average molecular weight is 291 g/mol. The zero-order valence-corrected chi connectivity index (χ0v) is 10.8. The van der Waals surface area contributed by atoms with Crippen molar-refractivity contribution in [3.8, 4) is 6.07 Å². The molecule has 2 aromatic rings. The zero-order valence-electron chi connectivity index (χ0n) is 10.8. The number of rotatable bonds is 2. The summed E-state index contributed by atoms with van der Waals surface area (Å²) in [5, 5.41) is 43.5. The molecule has 0 aliphatic carbocycles. The van der Waals surface area contributed by atoms with Crippen molar-refractivity contribution in [1.29, 1.82) is 5.26 Å². The van der Waals surface area contributed by atoms with Gasteiger partial charge in [-0.1, -0.05) is 0 Å². The highest BCUT2D eigenvalue weighted by Crippen LogP contribution is 2.40. The number of anilines is 1. The van der Waals surface area contributed by atoms with Gasteiger partial charge in [-0.15, -0.1) is 0 Å². The number of nitriles is 1. The van der Waals surface area contributed by atoms with E-state index >= 15 is 0 Å². The maximum atomic E-state index is 10.7. The minimum Gasteiger partial charge on any atom is -0.392 e. The van der Waals surface area contributed by atoms with Gasteiger partial charge in [0.25, 0.3) is 0 Å². The van der Waals surface area contributed by atoms with Gasteiger partial charge in [0.2, 0.25) is 5.60 Å². The van der Waals surface area contributed by atoms with E-state index in [0.29, 0.717) is 5.52 Å². The number of ether oxygens (including phenoxy) is 1. The van der Waals surface area contributed by atoms with Gasteiger partial charge in [-0.2, -0.15) is 10.4 Å². The first-order valence-electron chi connectivity index (χ1n) is 6.14. The van der Waals surface area contributed by atoms with Gasteiger partial charge in [0.15, 0.2) is 11.4 Å². The SMILES string of the molecule is N#C[C@]1(CO)OC[C@@](O)(c2ccc3c(N)ncnn23)[C@@H]1O. The molecule has 0 amide bonds. The number of nitrogen functional groups attached to an aromatic ring is 1. The van der Waals surface area contributed by atoms with Crippen LogP contribution in [0.1, 0.15) is 5.69 Å². The standard InChI is InChI=1S/C12H13N5O4/c13-3-11(4-18)10(19)12(20,5-21-11)8-2-1-7-9(14)15-6-16-17(7)8/h1-2,6,10,18-20H,4-5H2,(H2,14,15,16)/t10-,11-,12-/m1/s1. The molecule has 110 valence electrons. The van der Waals surface area contributed by atoms with Crippen molar-refractivity contribution >= 4 is 11.3 Å². The Morgan fingerprint density at radius 1 is 1.57 bits per heavy atom. The van der Waals surface area contributed by atoms with Crippen molar-refractivity contribution in [3.05, 3.63) is 24.2 Å². The number of aliphatic hydroxyl groups is 3. The highest BCUT2D eigenvalue weighted by Gasteiger charge is 2.60. The van der Waals surface area contributed by atoms with Gasteiger partial charge < -0.3 is 25.8 Å². The van der Waals surface area contributed by atoms with E-state index in [1.165, 1.54) is 16.9 Å². The summed E-state index contributed by atoms with van der Waals surface area (Å²) in [6.45, 7) is -1.11. The molecular weight excluding hydrogens is 278 g/mol. The molecule has 9 heteroatoms. The normalized spacial score (nSPS) is 32.4. The van der Waals surface area contributed by atoms with E-state index in [1.54, 1.807) is 12.1 Å². The molecule has 2 aromatic heterocycles. The molecule has 21 heavy (non-hydrogen) atoms. The van der Waals surface area contributed by atoms with Crippen molar-refractivity contribution in [3.63, 3.8) is 0 Å². The lowest BCUT2D eigenvalue weighted by molar-refractivity contribution is -0.0830. The van der Waals surface area contributed by atoms with Crippen LogP contribution in [0.2, 0.25) is 0 Å². The van der Waals surface area contributed by atoms with Gasteiger partial charge in [0.1, 0.15) is 24.0 Å². The van der Waals surface area contributed by atoms with Gasteiger partial charge in [0.05, 0.1) is 18.9 Å². The van der Waals surface area contributed by atoms with Crippen LogP contribution < -0.4 is 5.73 Å². The maximum Gasteiger partial charge on any atom is 0.206 e. The third-order valence-corrected chi connectivity index (χ3v) is 3.79. The molecule has 0 saturated carbocycles. The first-order valence-corrected chi connectivity index (χ1v) is 6.14. The molecular formula is C12H13N5O4. The summed E-state index contributed by atoms with van der Waals surface area (Å²) in [7, 11) is 0. The molecule has 3 atom stereocenters. The predicted molar refractivity (Wildman–Crippen MR) is 68.7 cm³/mol. The summed E-state index contributed by atoms with van der Waals surface area (Å²) in [6.07, 6.45) is -0.435. The number of hydrogen-bond donors (Lipinski definition) is 4. The van der Waals surface area contributed by atoms with Gasteiger partial charge in [-0.25, -0.2) is 9.50 Å². The lowest BCUT2D eigenvalue weighted by atomic mass is 9.86. The molecule has 0 bridgehead atoms. The highest BCUT2D eigenvalue weighted by molar-refractivity contribution is 5.65. The number of aliphatic hydroxyl groups excluding tert-OH is 2. The molecule has 1 fully saturated rings. The first kappa shape index (κ1) is 13.7. The van der Waals surface area contributed by atoms with Crippen LogP contribution >= 0.6 is 0 Å². The molecule has 9 nitrogen and oxygen atoms in total. The van der Waals surface area contributed by atoms with Crippen molar-refractivity contribution in [2.45, 2.75) is 17.3 Å². The average Bonchev–Trinajstić information content (AvgIpc) is 3.03. The van der Waals surface area contributed by atoms with E-state index in [9.17, 15) is 15.3 Å². The number of aromatic nitrogens is 3. The molecule has 1 aliphatic rings. The Kier molecular flexibility index (Phi) is 2.86. The number of nitrogens with two attached hydrogens (primary N) is 1. The first-order chi connectivity index (χ1) is 9.98. The molecule has 5 N–H and O–H groups in total. The van der Waals surface area contributed by atoms with Crippen LogP contribution in [0.4, 0.5) is 5.82 Å². The summed E-state index contributed by atoms with van der Waals surface area (Å²) in [5.74, 6) is 0.210. The summed E-state index contributed by atoms with van der Waals surface area (Å²) < 4.78 is 6.49. The third kappa shape index (κ3) is 1.64. The fourth-order valence-corrected chi connectivity index (χ4v) is 2.54. The number of hydrogen-bond acceptors (Lipinski definition) is 8. The Hall–Kier alpha value is -2.25. The molecule has 0 radical (unpaired) electrons. The number of fused-ring (bicyclic) bond motifs is 1. The maximum absolute atomic E-state index is 10.7. The summed E-state index contributed by atoms with van der Waals surface area (Å²) >= 11 is 0. The van der Waals surface area contributed by atoms with E-state index in [2.05, 4.69) is 10.1 Å². The van der Waals surface area contributed by atoms with Crippen molar-refractivity contribution < 1.29 is 20.1 Å². The van der Waals surface area contributed by atoms with Crippen LogP contribution in [0.5, 0.6) is 0 Å². The molecule has 0 spiro atoms. The van der Waals surface area contributed by atoms with Crippen LogP contribution in [0.25, 0.3) is 5.52 Å². The summed E-state index contributed by atoms with van der Waals surface area (Å²) in [6, 6.07) is 4.80. The lowest BCUT2D eigenvalue weighted by Crippen LogP contribution is -2.50. The molecule has 1 aliphatic heterocycles. The van der Waals surface area contributed by atoms with E-state index in [4.69, 9.17) is 15.7 Å². The Balaban J connectivity index is 2.15. The molecule has 0 aromatic carbocycles. The Bertz CT molecular complexity index is 741. The van der Waals surface area contributed by atoms with Crippen LogP contribution in [0.3, 0.4) is 0 Å². The van der Waals surface area contributed by atoms with Gasteiger partial charge in [-0.3, -0.25) is 0 Å². The second-order valence-corrected chi connectivity index (χ2v) is 4.94. The van der Waals surface area contributed by atoms with Crippen molar-refractivity contribution in [1.82, 2.24) is 14.6 Å². The smallest absolute Gasteiger partial charge is 0.206 e. The Morgan fingerprint density at radius 3 is 2.95 bits per heavy atom. The third-order valence-electron chi connectivity index (χ3n) is 3.79. The molecule has 1 saturated heterocycles. The predicted octanol–water partition coefficient (Wildman–Crippen LogP) is -1.86. The van der Waals surface area contributed by atoms with Crippen LogP contribution in [0, 0.1) is 11.3 Å². The molecule has 0 unspecified atom stereocenters. The summed E-state index contributed by atoms with van der Waals surface area (Å²) in [5.41, 5.74) is 2.59. The van der Waals surface area contributed by atoms with E-state index in [0.717, 1.165) is 0 Å². The minimum absolute atomic E-state index is 0.199. The molecule has 3 heterocycles. The lowest BCUT2D eigenvalue weighted by Gasteiger charge is -2.28. The van der Waals surface area contributed by atoms with E-state index in [-0.39, 0.29) is 18.1 Å². The Labute approximate surface area is 118 Å². The largest absolute Gasteiger partial charge is 0.392 e. The second-order valence-electron chi connectivity index (χ2n) is 4.94. The van der Waals surface area contributed by atoms with E-state index < -0.39 is 23.9 Å². The number of nitrogens with zero attached hydrogens (tertiary/aromatic N) is 4.